The lowest BCUT2D eigenvalue weighted by Gasteiger charge is -2.26. The van der Waals surface area contributed by atoms with E-state index >= 15 is 0 Å². The van der Waals surface area contributed by atoms with E-state index in [2.05, 4.69) is 15.2 Å². The highest BCUT2D eigenvalue weighted by molar-refractivity contribution is 4.91. The zero-order valence-electron chi connectivity index (χ0n) is 8.62. The number of nitrogens with zero attached hydrogens (tertiary/aromatic N) is 2. The summed E-state index contributed by atoms with van der Waals surface area (Å²) in [7, 11) is 0. The topological polar surface area (TPSA) is 41.3 Å². The van der Waals surface area contributed by atoms with Gasteiger partial charge in [0.25, 0.3) is 0 Å². The monoisotopic (exact) mass is 195 g/mol. The third kappa shape index (κ3) is 2.56. The molecular weight excluding hydrogens is 178 g/mol. The van der Waals surface area contributed by atoms with Crippen molar-refractivity contribution < 1.29 is 4.42 Å². The van der Waals surface area contributed by atoms with Crippen LogP contribution in [-0.2, 0) is 6.42 Å². The molecule has 0 aliphatic carbocycles. The second kappa shape index (κ2) is 4.57. The highest BCUT2D eigenvalue weighted by Crippen LogP contribution is 2.03. The van der Waals surface area contributed by atoms with Crippen LogP contribution in [0.2, 0.25) is 0 Å². The van der Waals surface area contributed by atoms with Crippen molar-refractivity contribution in [1.82, 2.24) is 15.2 Å². The van der Waals surface area contributed by atoms with Gasteiger partial charge in [0.15, 0.2) is 5.89 Å². The number of aryl methyl sites for hydroxylation is 1. The Morgan fingerprint density at radius 1 is 1.50 bits per heavy atom. The molecule has 2 rings (SSSR count). The third-order valence-electron chi connectivity index (χ3n) is 2.52. The number of hydrogen-bond acceptors (Lipinski definition) is 4. The van der Waals surface area contributed by atoms with Gasteiger partial charge in [-0.15, -0.1) is 0 Å². The highest BCUT2D eigenvalue weighted by Gasteiger charge is 2.10. The van der Waals surface area contributed by atoms with Crippen LogP contribution >= 0.6 is 0 Å². The van der Waals surface area contributed by atoms with Gasteiger partial charge in [0, 0.05) is 39.1 Å². The molecule has 1 N–H and O–H groups in total. The van der Waals surface area contributed by atoms with Crippen molar-refractivity contribution in [2.24, 2.45) is 0 Å². The van der Waals surface area contributed by atoms with E-state index < -0.39 is 0 Å². The van der Waals surface area contributed by atoms with Crippen molar-refractivity contribution in [3.63, 3.8) is 0 Å². The lowest BCUT2D eigenvalue weighted by molar-refractivity contribution is 0.237. The first-order valence-corrected chi connectivity index (χ1v) is 5.19. The van der Waals surface area contributed by atoms with Gasteiger partial charge in [-0.3, -0.25) is 0 Å². The van der Waals surface area contributed by atoms with E-state index in [4.69, 9.17) is 4.42 Å². The minimum Gasteiger partial charge on any atom is -0.446 e. The molecule has 14 heavy (non-hydrogen) atoms. The van der Waals surface area contributed by atoms with Crippen molar-refractivity contribution in [3.05, 3.63) is 17.8 Å². The molecule has 0 saturated carbocycles. The molecule has 0 unspecified atom stereocenters. The van der Waals surface area contributed by atoms with Gasteiger partial charge in [-0.2, -0.15) is 0 Å². The molecule has 0 bridgehead atoms. The molecule has 1 aromatic heterocycles. The van der Waals surface area contributed by atoms with Crippen molar-refractivity contribution in [2.45, 2.75) is 13.3 Å². The van der Waals surface area contributed by atoms with Gasteiger partial charge in [-0.1, -0.05) is 0 Å². The van der Waals surface area contributed by atoms with Crippen molar-refractivity contribution in [1.29, 1.82) is 0 Å². The number of piperazine rings is 1. The summed E-state index contributed by atoms with van der Waals surface area (Å²) in [5, 5.41) is 3.34. The lowest BCUT2D eigenvalue weighted by atomic mass is 10.3. The zero-order valence-corrected chi connectivity index (χ0v) is 8.62. The number of oxazole rings is 1. The Morgan fingerprint density at radius 3 is 2.93 bits per heavy atom. The summed E-state index contributed by atoms with van der Waals surface area (Å²) in [5.41, 5.74) is 0. The minimum absolute atomic E-state index is 0.862. The average molecular weight is 195 g/mol. The molecule has 0 aromatic carbocycles. The van der Waals surface area contributed by atoms with E-state index in [0.29, 0.717) is 0 Å². The SMILES string of the molecule is Cc1cnc(CCN2CCNCC2)o1. The van der Waals surface area contributed by atoms with Gasteiger partial charge in [-0.05, 0) is 6.92 Å². The summed E-state index contributed by atoms with van der Waals surface area (Å²) in [6.07, 6.45) is 2.71. The van der Waals surface area contributed by atoms with Crippen LogP contribution in [0.25, 0.3) is 0 Å². The van der Waals surface area contributed by atoms with Gasteiger partial charge in [0.05, 0.1) is 6.20 Å². The molecule has 1 aliphatic rings. The second-order valence-electron chi connectivity index (χ2n) is 3.71. The molecule has 0 amide bonds. The van der Waals surface area contributed by atoms with Crippen molar-refractivity contribution >= 4 is 0 Å². The molecule has 1 aliphatic heterocycles. The fraction of sp³-hybridized carbons (Fsp3) is 0.700. The first kappa shape index (κ1) is 9.68. The Balaban J connectivity index is 1.76. The molecule has 4 nitrogen and oxygen atoms in total. The predicted octanol–water partition coefficient (Wildman–Crippen LogP) is 0.431. The summed E-state index contributed by atoms with van der Waals surface area (Å²) in [5.74, 6) is 1.77. The lowest BCUT2D eigenvalue weighted by Crippen LogP contribution is -2.44. The van der Waals surface area contributed by atoms with E-state index in [9.17, 15) is 0 Å². The number of rotatable bonds is 3. The van der Waals surface area contributed by atoms with E-state index in [1.807, 2.05) is 6.92 Å². The smallest absolute Gasteiger partial charge is 0.195 e. The van der Waals surface area contributed by atoms with Crippen LogP contribution in [0.5, 0.6) is 0 Å². The molecule has 0 spiro atoms. The van der Waals surface area contributed by atoms with Crippen LogP contribution in [0, 0.1) is 6.92 Å². The van der Waals surface area contributed by atoms with Gasteiger partial charge in [0.1, 0.15) is 5.76 Å². The molecule has 78 valence electrons. The van der Waals surface area contributed by atoms with Gasteiger partial charge in [0.2, 0.25) is 0 Å². The minimum atomic E-state index is 0.862. The van der Waals surface area contributed by atoms with Crippen LogP contribution in [0.15, 0.2) is 10.6 Å². The normalized spacial score (nSPS) is 18.6. The van der Waals surface area contributed by atoms with E-state index in [1.54, 1.807) is 6.20 Å². The summed E-state index contributed by atoms with van der Waals surface area (Å²) in [4.78, 5) is 6.63. The van der Waals surface area contributed by atoms with E-state index in [-0.39, 0.29) is 0 Å². The molecule has 0 radical (unpaired) electrons. The fourth-order valence-corrected chi connectivity index (χ4v) is 1.71. The third-order valence-corrected chi connectivity index (χ3v) is 2.52. The first-order valence-electron chi connectivity index (χ1n) is 5.19. The Bertz CT molecular complexity index is 279. The Kier molecular flexibility index (Phi) is 3.16. The Morgan fingerprint density at radius 2 is 2.29 bits per heavy atom. The average Bonchev–Trinajstić information content (AvgIpc) is 2.63. The quantitative estimate of drug-likeness (QED) is 0.759. The van der Waals surface area contributed by atoms with Crippen LogP contribution in [0.3, 0.4) is 0 Å². The van der Waals surface area contributed by atoms with Crippen LogP contribution < -0.4 is 5.32 Å². The van der Waals surface area contributed by atoms with Crippen LogP contribution in [0.1, 0.15) is 11.7 Å². The second-order valence-corrected chi connectivity index (χ2v) is 3.71. The number of nitrogens with one attached hydrogen (secondary N) is 1. The number of aromatic nitrogens is 1. The van der Waals surface area contributed by atoms with E-state index in [0.717, 1.165) is 50.8 Å². The predicted molar refractivity (Wildman–Crippen MR) is 54.3 cm³/mol. The summed E-state index contributed by atoms with van der Waals surface area (Å²) >= 11 is 0. The highest BCUT2D eigenvalue weighted by atomic mass is 16.4. The van der Waals surface area contributed by atoms with E-state index in [1.165, 1.54) is 0 Å². The maximum Gasteiger partial charge on any atom is 0.195 e. The standard InChI is InChI=1S/C10H17N3O/c1-9-8-12-10(14-9)2-5-13-6-3-11-4-7-13/h8,11H,2-7H2,1H3. The first-order chi connectivity index (χ1) is 6.84. The van der Waals surface area contributed by atoms with Crippen LogP contribution in [-0.4, -0.2) is 42.6 Å². The fourth-order valence-electron chi connectivity index (χ4n) is 1.71. The number of hydrogen-bond donors (Lipinski definition) is 1. The summed E-state index contributed by atoms with van der Waals surface area (Å²) < 4.78 is 5.42. The molecule has 1 saturated heterocycles. The Hall–Kier alpha value is -0.870. The maximum absolute atomic E-state index is 5.42. The van der Waals surface area contributed by atoms with Crippen LogP contribution in [0.4, 0.5) is 0 Å². The summed E-state index contributed by atoms with van der Waals surface area (Å²) in [6.45, 7) is 7.47. The summed E-state index contributed by atoms with van der Waals surface area (Å²) in [6, 6.07) is 0. The van der Waals surface area contributed by atoms with Gasteiger partial charge < -0.3 is 14.6 Å². The maximum atomic E-state index is 5.42. The molecular formula is C10H17N3O. The molecule has 2 heterocycles. The van der Waals surface area contributed by atoms with Gasteiger partial charge >= 0.3 is 0 Å². The zero-order chi connectivity index (χ0) is 9.80. The van der Waals surface area contributed by atoms with Crippen molar-refractivity contribution in [2.75, 3.05) is 32.7 Å². The van der Waals surface area contributed by atoms with Crippen molar-refractivity contribution in [3.8, 4) is 0 Å². The molecule has 1 aromatic rings. The van der Waals surface area contributed by atoms with Gasteiger partial charge in [-0.25, -0.2) is 4.98 Å². The molecule has 0 atom stereocenters. The molecule has 1 fully saturated rings. The largest absolute Gasteiger partial charge is 0.446 e. The molecule has 4 heteroatoms. The Labute approximate surface area is 84.3 Å².